The van der Waals surface area contributed by atoms with Crippen LogP contribution < -0.4 is 14.8 Å². The van der Waals surface area contributed by atoms with Crippen LogP contribution >= 0.6 is 0 Å². The Balaban J connectivity index is 0.999. The smallest absolute Gasteiger partial charge is 0.250 e. The van der Waals surface area contributed by atoms with Crippen LogP contribution in [-0.4, -0.2) is 60.5 Å². The highest BCUT2D eigenvalue weighted by atomic mass is 16.5. The van der Waals surface area contributed by atoms with Crippen molar-refractivity contribution in [3.8, 4) is 45.1 Å². The van der Waals surface area contributed by atoms with E-state index in [9.17, 15) is 14.4 Å². The molecule has 59 heavy (non-hydrogen) atoms. The van der Waals surface area contributed by atoms with Gasteiger partial charge in [-0.3, -0.25) is 14.4 Å². The number of hydrogen-bond acceptors (Lipinski definition) is 7. The Morgan fingerprint density at radius 2 is 1.17 bits per heavy atom. The molecule has 302 valence electrons. The van der Waals surface area contributed by atoms with Crippen molar-refractivity contribution in [3.63, 3.8) is 0 Å². The van der Waals surface area contributed by atoms with Crippen molar-refractivity contribution in [2.24, 2.45) is 0 Å². The van der Waals surface area contributed by atoms with E-state index < -0.39 is 6.04 Å². The normalized spacial score (nSPS) is 13.4. The van der Waals surface area contributed by atoms with Gasteiger partial charge in [-0.05, 0) is 55.2 Å². The first-order valence-electron chi connectivity index (χ1n) is 20.3. The molecule has 0 aliphatic carbocycles. The molecular weight excluding hydrogens is 743 g/mol. The molecule has 2 aliphatic rings. The number of ether oxygens (including phenoxy) is 2. The van der Waals surface area contributed by atoms with Crippen molar-refractivity contribution in [1.29, 1.82) is 0 Å². The minimum Gasteiger partial charge on any atom is -0.488 e. The van der Waals surface area contributed by atoms with Gasteiger partial charge >= 0.3 is 0 Å². The number of H-pyrrole nitrogens is 2. The molecule has 0 spiro atoms. The third kappa shape index (κ3) is 8.20. The Labute approximate surface area is 344 Å². The lowest BCUT2D eigenvalue weighted by Gasteiger charge is -2.30. The highest BCUT2D eigenvalue weighted by Gasteiger charge is 2.31. The molecule has 2 atom stereocenters. The molecule has 6 aromatic rings. The molecule has 3 amide bonds. The van der Waals surface area contributed by atoms with Crippen LogP contribution in [0.2, 0.25) is 0 Å². The van der Waals surface area contributed by atoms with E-state index >= 15 is 0 Å². The Morgan fingerprint density at radius 3 is 1.64 bits per heavy atom. The zero-order chi connectivity index (χ0) is 41.0. The summed E-state index contributed by atoms with van der Waals surface area (Å²) in [7, 11) is 0. The van der Waals surface area contributed by atoms with Gasteiger partial charge in [-0.25, -0.2) is 9.97 Å². The van der Waals surface area contributed by atoms with Gasteiger partial charge in [0.2, 0.25) is 17.7 Å². The Morgan fingerprint density at radius 1 is 0.695 bits per heavy atom. The molecule has 0 saturated heterocycles. The van der Waals surface area contributed by atoms with E-state index in [2.05, 4.69) is 44.3 Å². The molecule has 12 heteroatoms. The van der Waals surface area contributed by atoms with E-state index in [-0.39, 0.29) is 30.2 Å². The lowest BCUT2D eigenvalue weighted by atomic mass is 9.87. The number of nitrogens with one attached hydrogen (secondary N) is 3. The standard InChI is InChI=1S/C47H49N7O5/c1-5-17-53(46(56)29(3)31-13-9-7-10-14-31)25-41-48-23-37(51-41)33-19-35-27-59-40-22-34(20-36-28-58-39(21-33)43(35)44(36)40)38-24-49-42(52-38)26-54(18-6-2)47(57)45(50-30(4)55)32-15-11-8-12-16-32/h7-16,19-24,29,45H,5-6,17-18,25-28H2,1-4H3,(H,48,51)(H,49,52)(H,50,55)/t29-,45-/m1/s1. The van der Waals surface area contributed by atoms with Gasteiger partial charge in [-0.15, -0.1) is 0 Å². The fourth-order valence-electron chi connectivity index (χ4n) is 8.08. The lowest BCUT2D eigenvalue weighted by Crippen LogP contribution is -2.42. The van der Waals surface area contributed by atoms with E-state index in [1.807, 2.05) is 97.7 Å². The number of rotatable bonds is 15. The van der Waals surface area contributed by atoms with Crippen LogP contribution in [-0.2, 0) is 40.7 Å². The highest BCUT2D eigenvalue weighted by Crippen LogP contribution is 2.50. The van der Waals surface area contributed by atoms with Gasteiger partial charge in [0.25, 0.3) is 0 Å². The number of nitrogens with zero attached hydrogens (tertiary/aromatic N) is 4. The molecule has 3 N–H and O–H groups in total. The first-order chi connectivity index (χ1) is 28.7. The molecular formula is C47H49N7O5. The number of carbonyl (C=O) groups is 3. The third-order valence-electron chi connectivity index (χ3n) is 11.0. The molecule has 4 aromatic carbocycles. The van der Waals surface area contributed by atoms with Crippen molar-refractivity contribution in [3.05, 3.63) is 131 Å². The van der Waals surface area contributed by atoms with E-state index in [4.69, 9.17) is 9.47 Å². The van der Waals surface area contributed by atoms with E-state index in [0.717, 1.165) is 86.1 Å². The average molecular weight is 792 g/mol. The largest absolute Gasteiger partial charge is 0.488 e. The van der Waals surface area contributed by atoms with Crippen LogP contribution in [0.4, 0.5) is 0 Å². The number of hydrogen-bond donors (Lipinski definition) is 3. The van der Waals surface area contributed by atoms with Crippen LogP contribution in [0.5, 0.6) is 11.5 Å². The molecule has 0 radical (unpaired) electrons. The maximum absolute atomic E-state index is 13.9. The first kappa shape index (κ1) is 39.2. The van der Waals surface area contributed by atoms with Gasteiger partial charge in [0, 0.05) is 53.4 Å². The first-order valence-corrected chi connectivity index (χ1v) is 20.3. The number of aromatic nitrogens is 4. The molecule has 0 saturated carbocycles. The number of amides is 3. The van der Waals surface area contributed by atoms with Crippen LogP contribution in [0.25, 0.3) is 33.6 Å². The Hall–Kier alpha value is -6.69. The summed E-state index contributed by atoms with van der Waals surface area (Å²) in [5.74, 6) is 2.27. The van der Waals surface area contributed by atoms with Crippen molar-refractivity contribution in [2.75, 3.05) is 13.1 Å². The van der Waals surface area contributed by atoms with Crippen molar-refractivity contribution in [1.82, 2.24) is 35.1 Å². The second-order valence-electron chi connectivity index (χ2n) is 15.3. The summed E-state index contributed by atoms with van der Waals surface area (Å²) in [4.78, 5) is 59.4. The van der Waals surface area contributed by atoms with Gasteiger partial charge in [0.1, 0.15) is 42.4 Å². The van der Waals surface area contributed by atoms with Gasteiger partial charge < -0.3 is 34.6 Å². The SMILES string of the molecule is CCCN(Cc1ncc(-c2cc3c4c(c2)OCc2cc(-c5cnc(CN(CCC)C(=O)[C@H](NC(C)=O)c6ccccc6)[nH]5)cc(c2-4)OC3)[nH]1)C(=O)[C@H](C)c1ccccc1. The van der Waals surface area contributed by atoms with Crippen LogP contribution in [0.1, 0.15) is 86.4 Å². The molecule has 8 rings (SSSR count). The Bertz CT molecular complexity index is 2430. The summed E-state index contributed by atoms with van der Waals surface area (Å²) in [6.07, 6.45) is 5.18. The lowest BCUT2D eigenvalue weighted by molar-refractivity contribution is -0.137. The van der Waals surface area contributed by atoms with Gasteiger partial charge in [0.05, 0.1) is 42.8 Å². The summed E-state index contributed by atoms with van der Waals surface area (Å²) in [6, 6.07) is 26.7. The molecule has 4 heterocycles. The summed E-state index contributed by atoms with van der Waals surface area (Å²) in [6.45, 7) is 9.99. The zero-order valence-corrected chi connectivity index (χ0v) is 33.9. The topological polar surface area (TPSA) is 146 Å². The van der Waals surface area contributed by atoms with Gasteiger partial charge in [0.15, 0.2) is 0 Å². The van der Waals surface area contributed by atoms with Crippen molar-refractivity contribution < 1.29 is 23.9 Å². The Kier molecular flexibility index (Phi) is 11.3. The summed E-state index contributed by atoms with van der Waals surface area (Å²) < 4.78 is 12.9. The number of imidazole rings is 2. The van der Waals surface area contributed by atoms with E-state index in [1.54, 1.807) is 11.1 Å². The summed E-state index contributed by atoms with van der Waals surface area (Å²) in [5.41, 5.74) is 9.28. The molecule has 2 aromatic heterocycles. The highest BCUT2D eigenvalue weighted by molar-refractivity contribution is 5.89. The van der Waals surface area contributed by atoms with Crippen molar-refractivity contribution >= 4 is 17.7 Å². The molecule has 2 aliphatic heterocycles. The predicted octanol–water partition coefficient (Wildman–Crippen LogP) is 8.08. The minimum atomic E-state index is -0.797. The van der Waals surface area contributed by atoms with Gasteiger partial charge in [-0.2, -0.15) is 0 Å². The number of benzene rings is 4. The predicted molar refractivity (Wildman–Crippen MR) is 225 cm³/mol. The molecule has 0 bridgehead atoms. The fraction of sp³-hybridized carbons (Fsp3) is 0.298. The molecule has 0 unspecified atom stereocenters. The second-order valence-corrected chi connectivity index (χ2v) is 15.3. The zero-order valence-electron chi connectivity index (χ0n) is 33.9. The quantitative estimate of drug-likeness (QED) is 0.0954. The van der Waals surface area contributed by atoms with Crippen LogP contribution in [0.15, 0.2) is 97.3 Å². The number of carbonyl (C=O) groups excluding carboxylic acids is 3. The maximum Gasteiger partial charge on any atom is 0.250 e. The van der Waals surface area contributed by atoms with E-state index in [1.165, 1.54) is 6.92 Å². The van der Waals surface area contributed by atoms with Crippen LogP contribution in [0.3, 0.4) is 0 Å². The monoisotopic (exact) mass is 791 g/mol. The molecule has 12 nitrogen and oxygen atoms in total. The molecule has 0 fully saturated rings. The van der Waals surface area contributed by atoms with E-state index in [0.29, 0.717) is 38.7 Å². The number of aromatic amines is 2. The minimum absolute atomic E-state index is 0.0768. The summed E-state index contributed by atoms with van der Waals surface area (Å²) >= 11 is 0. The third-order valence-corrected chi connectivity index (χ3v) is 11.0. The second kappa shape index (κ2) is 17.0. The average Bonchev–Trinajstić information content (AvgIpc) is 3.94. The van der Waals surface area contributed by atoms with Gasteiger partial charge in [-0.1, -0.05) is 74.5 Å². The summed E-state index contributed by atoms with van der Waals surface area (Å²) in [5, 5.41) is 2.84. The fourth-order valence-corrected chi connectivity index (χ4v) is 8.08. The van der Waals surface area contributed by atoms with Crippen LogP contribution in [0, 0.1) is 0 Å². The maximum atomic E-state index is 13.9. The van der Waals surface area contributed by atoms with Crippen molar-refractivity contribution in [2.45, 2.75) is 78.8 Å².